The maximum Gasteiger partial charge on any atom is 0.189 e. The van der Waals surface area contributed by atoms with Gasteiger partial charge in [0.1, 0.15) is 0 Å². The fraction of sp³-hybridized carbons (Fsp3) is 0.300. The topological polar surface area (TPSA) is 50.4 Å². The van der Waals surface area contributed by atoms with E-state index in [2.05, 4.69) is 10.3 Å². The standard InChI is InChI=1S/C10H12ClN3/c1-6-2-3-7(4-8(6)11)9-5-13-10(12)14-9/h2-4,9H,5H2,1H3,(H3,12,13,14). The largest absolute Gasteiger partial charge is 0.370 e. The third-order valence-corrected chi connectivity index (χ3v) is 2.77. The van der Waals surface area contributed by atoms with Crippen LogP contribution in [-0.2, 0) is 0 Å². The molecule has 74 valence electrons. The number of benzene rings is 1. The molecule has 1 unspecified atom stereocenters. The number of nitrogens with zero attached hydrogens (tertiary/aromatic N) is 1. The van der Waals surface area contributed by atoms with Crippen LogP contribution in [0.1, 0.15) is 17.2 Å². The molecule has 0 saturated carbocycles. The quantitative estimate of drug-likeness (QED) is 0.739. The second kappa shape index (κ2) is 3.50. The maximum absolute atomic E-state index is 6.03. The van der Waals surface area contributed by atoms with Gasteiger partial charge in [0.2, 0.25) is 0 Å². The fourth-order valence-corrected chi connectivity index (χ4v) is 1.66. The van der Waals surface area contributed by atoms with E-state index in [1.54, 1.807) is 0 Å². The molecule has 0 aromatic heterocycles. The Morgan fingerprint density at radius 3 is 2.93 bits per heavy atom. The lowest BCUT2D eigenvalue weighted by Gasteiger charge is -2.11. The molecule has 0 bridgehead atoms. The van der Waals surface area contributed by atoms with Crippen molar-refractivity contribution in [3.8, 4) is 0 Å². The normalized spacial score (nSPS) is 20.4. The fourth-order valence-electron chi connectivity index (χ4n) is 1.47. The summed E-state index contributed by atoms with van der Waals surface area (Å²) in [6.07, 6.45) is 0. The van der Waals surface area contributed by atoms with Crippen LogP contribution in [0.2, 0.25) is 5.02 Å². The van der Waals surface area contributed by atoms with Gasteiger partial charge >= 0.3 is 0 Å². The average Bonchev–Trinajstić information content (AvgIpc) is 2.57. The van der Waals surface area contributed by atoms with Crippen LogP contribution >= 0.6 is 11.6 Å². The van der Waals surface area contributed by atoms with Gasteiger partial charge in [0.25, 0.3) is 0 Å². The van der Waals surface area contributed by atoms with Crippen LogP contribution in [-0.4, -0.2) is 12.5 Å². The predicted octanol–water partition coefficient (Wildman–Crippen LogP) is 1.61. The Labute approximate surface area is 88.0 Å². The number of nitrogens with two attached hydrogens (primary N) is 1. The molecule has 0 radical (unpaired) electrons. The Bertz CT molecular complexity index is 387. The Morgan fingerprint density at radius 2 is 2.36 bits per heavy atom. The van der Waals surface area contributed by atoms with Crippen LogP contribution in [0.4, 0.5) is 0 Å². The molecule has 1 aromatic rings. The number of aliphatic imine (C=N–C) groups is 1. The first-order chi connectivity index (χ1) is 6.66. The molecule has 1 aliphatic heterocycles. The molecule has 0 saturated heterocycles. The highest BCUT2D eigenvalue weighted by Crippen LogP contribution is 2.22. The summed E-state index contributed by atoms with van der Waals surface area (Å²) in [5.74, 6) is 0.506. The number of hydrogen-bond acceptors (Lipinski definition) is 3. The number of hydrogen-bond donors (Lipinski definition) is 2. The highest BCUT2D eigenvalue weighted by Gasteiger charge is 2.17. The molecule has 1 aliphatic rings. The first kappa shape index (κ1) is 9.34. The molecule has 1 atom stereocenters. The number of halogens is 1. The summed E-state index contributed by atoms with van der Waals surface area (Å²) in [7, 11) is 0. The van der Waals surface area contributed by atoms with Gasteiger partial charge in [-0.05, 0) is 24.1 Å². The average molecular weight is 210 g/mol. The summed E-state index contributed by atoms with van der Waals surface area (Å²) in [5.41, 5.74) is 7.75. The molecular weight excluding hydrogens is 198 g/mol. The second-order valence-corrected chi connectivity index (χ2v) is 3.84. The van der Waals surface area contributed by atoms with Crippen molar-refractivity contribution in [3.05, 3.63) is 34.3 Å². The van der Waals surface area contributed by atoms with Gasteiger partial charge in [-0.15, -0.1) is 0 Å². The summed E-state index contributed by atoms with van der Waals surface area (Å²) < 4.78 is 0. The molecule has 0 fully saturated rings. The summed E-state index contributed by atoms with van der Waals surface area (Å²) in [6.45, 7) is 2.67. The van der Waals surface area contributed by atoms with Crippen molar-refractivity contribution in [1.82, 2.24) is 5.32 Å². The van der Waals surface area contributed by atoms with Gasteiger partial charge in [-0.1, -0.05) is 23.7 Å². The third-order valence-electron chi connectivity index (χ3n) is 2.36. The number of aryl methyl sites for hydroxylation is 1. The summed E-state index contributed by atoms with van der Waals surface area (Å²) >= 11 is 6.03. The maximum atomic E-state index is 6.03. The molecule has 0 aliphatic carbocycles. The predicted molar refractivity (Wildman–Crippen MR) is 58.6 cm³/mol. The van der Waals surface area contributed by atoms with E-state index in [0.717, 1.165) is 16.1 Å². The highest BCUT2D eigenvalue weighted by atomic mass is 35.5. The molecule has 3 nitrogen and oxygen atoms in total. The van der Waals surface area contributed by atoms with E-state index in [0.29, 0.717) is 12.5 Å². The first-order valence-electron chi connectivity index (χ1n) is 4.49. The van der Waals surface area contributed by atoms with Crippen molar-refractivity contribution in [2.45, 2.75) is 13.0 Å². The van der Waals surface area contributed by atoms with Crippen LogP contribution in [0.15, 0.2) is 23.2 Å². The van der Waals surface area contributed by atoms with Crippen LogP contribution in [0.3, 0.4) is 0 Å². The van der Waals surface area contributed by atoms with Gasteiger partial charge in [-0.25, -0.2) is 0 Å². The Morgan fingerprint density at radius 1 is 1.57 bits per heavy atom. The van der Waals surface area contributed by atoms with Crippen molar-refractivity contribution in [2.24, 2.45) is 10.7 Å². The minimum absolute atomic E-state index is 0.174. The van der Waals surface area contributed by atoms with E-state index in [1.807, 2.05) is 25.1 Å². The van der Waals surface area contributed by atoms with Gasteiger partial charge in [-0.2, -0.15) is 0 Å². The molecule has 1 heterocycles. The molecule has 0 amide bonds. The van der Waals surface area contributed by atoms with Crippen molar-refractivity contribution in [3.63, 3.8) is 0 Å². The SMILES string of the molecule is Cc1ccc(C2CN=C(N)N2)cc1Cl. The van der Waals surface area contributed by atoms with Gasteiger partial charge in [0.15, 0.2) is 5.96 Å². The summed E-state index contributed by atoms with van der Waals surface area (Å²) in [6, 6.07) is 6.19. The third kappa shape index (κ3) is 1.68. The number of rotatable bonds is 1. The smallest absolute Gasteiger partial charge is 0.189 e. The minimum Gasteiger partial charge on any atom is -0.370 e. The lowest BCUT2D eigenvalue weighted by molar-refractivity contribution is 0.707. The summed E-state index contributed by atoms with van der Waals surface area (Å²) in [5, 5.41) is 3.87. The lowest BCUT2D eigenvalue weighted by Crippen LogP contribution is -2.29. The van der Waals surface area contributed by atoms with Crippen LogP contribution in [0.5, 0.6) is 0 Å². The molecule has 0 spiro atoms. The number of guanidine groups is 1. The summed E-state index contributed by atoms with van der Waals surface area (Å²) in [4.78, 5) is 4.09. The van der Waals surface area contributed by atoms with Gasteiger partial charge in [0, 0.05) is 5.02 Å². The Kier molecular flexibility index (Phi) is 2.33. The van der Waals surface area contributed by atoms with E-state index in [9.17, 15) is 0 Å². The van der Waals surface area contributed by atoms with Crippen LogP contribution in [0, 0.1) is 6.92 Å². The minimum atomic E-state index is 0.174. The van der Waals surface area contributed by atoms with Gasteiger partial charge in [0.05, 0.1) is 12.6 Å². The van der Waals surface area contributed by atoms with Crippen molar-refractivity contribution >= 4 is 17.6 Å². The molecule has 3 N–H and O–H groups in total. The van der Waals surface area contributed by atoms with E-state index in [1.165, 1.54) is 0 Å². The van der Waals surface area contributed by atoms with Gasteiger partial charge in [-0.3, -0.25) is 4.99 Å². The van der Waals surface area contributed by atoms with E-state index in [-0.39, 0.29) is 6.04 Å². The zero-order valence-corrected chi connectivity index (χ0v) is 8.67. The van der Waals surface area contributed by atoms with Crippen molar-refractivity contribution in [2.75, 3.05) is 6.54 Å². The zero-order valence-electron chi connectivity index (χ0n) is 7.92. The van der Waals surface area contributed by atoms with Crippen LogP contribution in [0.25, 0.3) is 0 Å². The Hall–Kier alpha value is -1.22. The monoisotopic (exact) mass is 209 g/mol. The lowest BCUT2D eigenvalue weighted by atomic mass is 10.1. The van der Waals surface area contributed by atoms with Crippen molar-refractivity contribution in [1.29, 1.82) is 0 Å². The number of nitrogens with one attached hydrogen (secondary N) is 1. The molecular formula is C10H12ClN3. The van der Waals surface area contributed by atoms with E-state index < -0.39 is 0 Å². The van der Waals surface area contributed by atoms with E-state index >= 15 is 0 Å². The molecule has 1 aromatic carbocycles. The van der Waals surface area contributed by atoms with Crippen molar-refractivity contribution < 1.29 is 0 Å². The molecule has 2 rings (SSSR count). The first-order valence-corrected chi connectivity index (χ1v) is 4.87. The molecule has 14 heavy (non-hydrogen) atoms. The van der Waals surface area contributed by atoms with Gasteiger partial charge < -0.3 is 11.1 Å². The molecule has 4 heteroatoms. The zero-order chi connectivity index (χ0) is 10.1. The van der Waals surface area contributed by atoms with E-state index in [4.69, 9.17) is 17.3 Å². The highest BCUT2D eigenvalue weighted by molar-refractivity contribution is 6.31. The Balaban J connectivity index is 2.22. The van der Waals surface area contributed by atoms with Crippen LogP contribution < -0.4 is 11.1 Å². The second-order valence-electron chi connectivity index (χ2n) is 3.43.